The molecule has 0 fully saturated rings. The zero-order valence-corrected chi connectivity index (χ0v) is 13.3. The van der Waals surface area contributed by atoms with Gasteiger partial charge in [-0.1, -0.05) is 6.07 Å². The van der Waals surface area contributed by atoms with Gasteiger partial charge in [-0.05, 0) is 24.6 Å². The van der Waals surface area contributed by atoms with Crippen LogP contribution < -0.4 is 4.74 Å². The monoisotopic (exact) mass is 319 g/mol. The first-order valence-electron chi connectivity index (χ1n) is 6.95. The first-order valence-corrected chi connectivity index (χ1v) is 8.39. The van der Waals surface area contributed by atoms with E-state index in [1.165, 1.54) is 17.7 Å². The van der Waals surface area contributed by atoms with E-state index in [1.807, 2.05) is 13.0 Å². The van der Waals surface area contributed by atoms with E-state index in [0.717, 1.165) is 16.8 Å². The van der Waals surface area contributed by atoms with E-state index in [-0.39, 0.29) is 11.4 Å². The number of benzene rings is 1. The van der Waals surface area contributed by atoms with E-state index >= 15 is 0 Å². The molecule has 3 rings (SSSR count). The third-order valence-corrected chi connectivity index (χ3v) is 5.63. The Labute approximate surface area is 129 Å². The van der Waals surface area contributed by atoms with Gasteiger partial charge < -0.3 is 4.74 Å². The third kappa shape index (κ3) is 2.57. The van der Waals surface area contributed by atoms with Gasteiger partial charge >= 0.3 is 0 Å². The molecule has 1 aliphatic rings. The fourth-order valence-corrected chi connectivity index (χ4v) is 4.23. The Morgan fingerprint density at radius 2 is 2.14 bits per heavy atom. The average Bonchev–Trinajstić information content (AvgIpc) is 2.54. The number of ether oxygens (including phenoxy) is 1. The molecule has 7 heteroatoms. The second-order valence-corrected chi connectivity index (χ2v) is 7.14. The molecular weight excluding hydrogens is 302 g/mol. The predicted octanol–water partition coefficient (Wildman–Crippen LogP) is 1.54. The quantitative estimate of drug-likeness (QED) is 0.858. The molecule has 0 N–H and O–H groups in total. The van der Waals surface area contributed by atoms with Gasteiger partial charge in [0, 0.05) is 37.0 Å². The fourth-order valence-electron chi connectivity index (χ4n) is 2.57. The van der Waals surface area contributed by atoms with Crippen LogP contribution in [0.1, 0.15) is 16.8 Å². The van der Waals surface area contributed by atoms with Crippen LogP contribution in [0, 0.1) is 6.92 Å². The van der Waals surface area contributed by atoms with Crippen molar-refractivity contribution in [3.63, 3.8) is 0 Å². The number of sulfonamides is 1. The summed E-state index contributed by atoms with van der Waals surface area (Å²) in [6.07, 6.45) is 3.76. The van der Waals surface area contributed by atoms with Gasteiger partial charge in [0.05, 0.1) is 7.11 Å². The van der Waals surface area contributed by atoms with E-state index in [2.05, 4.69) is 9.97 Å². The maximum atomic E-state index is 12.9. The van der Waals surface area contributed by atoms with E-state index in [0.29, 0.717) is 18.7 Å². The highest BCUT2D eigenvalue weighted by molar-refractivity contribution is 7.89. The first kappa shape index (κ1) is 14.9. The zero-order valence-electron chi connectivity index (χ0n) is 12.5. The molecule has 2 heterocycles. The van der Waals surface area contributed by atoms with E-state index in [1.54, 1.807) is 18.3 Å². The summed E-state index contributed by atoms with van der Waals surface area (Å²) in [7, 11) is -2.14. The van der Waals surface area contributed by atoms with Gasteiger partial charge in [0.2, 0.25) is 10.0 Å². The average molecular weight is 319 g/mol. The summed E-state index contributed by atoms with van der Waals surface area (Å²) in [5, 5.41) is 0. The van der Waals surface area contributed by atoms with Gasteiger partial charge in [0.15, 0.2) is 0 Å². The van der Waals surface area contributed by atoms with Crippen LogP contribution in [-0.2, 0) is 23.0 Å². The van der Waals surface area contributed by atoms with Crippen LogP contribution >= 0.6 is 0 Å². The van der Waals surface area contributed by atoms with Gasteiger partial charge in [-0.15, -0.1) is 0 Å². The molecule has 0 amide bonds. The van der Waals surface area contributed by atoms with Gasteiger partial charge in [-0.2, -0.15) is 4.31 Å². The van der Waals surface area contributed by atoms with Crippen molar-refractivity contribution < 1.29 is 13.2 Å². The van der Waals surface area contributed by atoms with Crippen LogP contribution in [0.2, 0.25) is 0 Å². The molecule has 1 aliphatic heterocycles. The summed E-state index contributed by atoms with van der Waals surface area (Å²) < 4.78 is 32.5. The largest absolute Gasteiger partial charge is 0.495 e. The predicted molar refractivity (Wildman–Crippen MR) is 81.1 cm³/mol. The van der Waals surface area contributed by atoms with E-state index < -0.39 is 10.0 Å². The first-order chi connectivity index (χ1) is 10.5. The molecule has 0 saturated heterocycles. The number of fused-ring (bicyclic) bond motifs is 1. The molecule has 22 heavy (non-hydrogen) atoms. The smallest absolute Gasteiger partial charge is 0.247 e. The van der Waals surface area contributed by atoms with Crippen molar-refractivity contribution >= 4 is 10.0 Å². The van der Waals surface area contributed by atoms with Gasteiger partial charge in [-0.25, -0.2) is 18.4 Å². The van der Waals surface area contributed by atoms with Crippen molar-refractivity contribution in [1.29, 1.82) is 0 Å². The number of aryl methyl sites for hydroxylation is 1. The highest BCUT2D eigenvalue weighted by Gasteiger charge is 2.31. The molecule has 0 bridgehead atoms. The summed E-state index contributed by atoms with van der Waals surface area (Å²) in [6.45, 7) is 2.55. The Kier molecular flexibility index (Phi) is 3.84. The molecule has 116 valence electrons. The number of rotatable bonds is 3. The Bertz CT molecular complexity index is 805. The topological polar surface area (TPSA) is 72.4 Å². The second-order valence-electron chi connectivity index (χ2n) is 5.24. The molecule has 0 aliphatic carbocycles. The summed E-state index contributed by atoms with van der Waals surface area (Å²) in [4.78, 5) is 8.38. The molecule has 0 saturated carbocycles. The summed E-state index contributed by atoms with van der Waals surface area (Å²) in [6, 6.07) is 5.16. The number of aromatic nitrogens is 2. The lowest BCUT2D eigenvalue weighted by Crippen LogP contribution is -2.36. The van der Waals surface area contributed by atoms with Crippen molar-refractivity contribution in [3.05, 3.63) is 47.5 Å². The minimum atomic E-state index is -3.62. The Morgan fingerprint density at radius 3 is 2.91 bits per heavy atom. The zero-order chi connectivity index (χ0) is 15.7. The number of hydrogen-bond donors (Lipinski definition) is 0. The highest BCUT2D eigenvalue weighted by atomic mass is 32.2. The van der Waals surface area contributed by atoms with Crippen molar-refractivity contribution in [2.75, 3.05) is 13.7 Å². The normalized spacial score (nSPS) is 15.4. The lowest BCUT2D eigenvalue weighted by Gasteiger charge is -2.27. The molecule has 0 spiro atoms. The molecule has 0 atom stereocenters. The van der Waals surface area contributed by atoms with Crippen LogP contribution in [-0.4, -0.2) is 36.3 Å². The maximum Gasteiger partial charge on any atom is 0.247 e. The second kappa shape index (κ2) is 5.66. The Morgan fingerprint density at radius 1 is 1.32 bits per heavy atom. The molecule has 6 nitrogen and oxygen atoms in total. The summed E-state index contributed by atoms with van der Waals surface area (Å²) >= 11 is 0. The maximum absolute atomic E-state index is 12.9. The van der Waals surface area contributed by atoms with Crippen molar-refractivity contribution in [2.24, 2.45) is 0 Å². The number of methoxy groups -OCH3 is 1. The van der Waals surface area contributed by atoms with Crippen molar-refractivity contribution in [3.8, 4) is 5.75 Å². The van der Waals surface area contributed by atoms with Crippen LogP contribution in [0.3, 0.4) is 0 Å². The van der Waals surface area contributed by atoms with Crippen molar-refractivity contribution in [2.45, 2.75) is 24.8 Å². The Hall–Kier alpha value is -1.99. The summed E-state index contributed by atoms with van der Waals surface area (Å²) in [5.74, 6) is 0.362. The van der Waals surface area contributed by atoms with E-state index in [9.17, 15) is 8.42 Å². The van der Waals surface area contributed by atoms with Gasteiger partial charge in [-0.3, -0.25) is 0 Å². The molecule has 0 unspecified atom stereocenters. The van der Waals surface area contributed by atoms with E-state index in [4.69, 9.17) is 4.74 Å². The molecule has 1 aromatic carbocycles. The molecule has 1 aromatic heterocycles. The van der Waals surface area contributed by atoms with Crippen LogP contribution in [0.5, 0.6) is 5.75 Å². The standard InChI is InChI=1S/C15H17N3O3S/c1-11-3-4-14(21-2)15(7-11)22(19,20)18-6-5-13-12(9-18)8-16-10-17-13/h3-4,7-8,10H,5-6,9H2,1-2H3. The number of hydrogen-bond acceptors (Lipinski definition) is 5. The summed E-state index contributed by atoms with van der Waals surface area (Å²) in [5.41, 5.74) is 2.64. The van der Waals surface area contributed by atoms with Crippen molar-refractivity contribution in [1.82, 2.24) is 14.3 Å². The molecular formula is C15H17N3O3S. The lowest BCUT2D eigenvalue weighted by molar-refractivity contribution is 0.375. The minimum absolute atomic E-state index is 0.204. The van der Waals surface area contributed by atoms with Gasteiger partial charge in [0.25, 0.3) is 0 Å². The van der Waals surface area contributed by atoms with Crippen LogP contribution in [0.25, 0.3) is 0 Å². The van der Waals surface area contributed by atoms with Crippen LogP contribution in [0.15, 0.2) is 35.6 Å². The fraction of sp³-hybridized carbons (Fsp3) is 0.333. The van der Waals surface area contributed by atoms with Gasteiger partial charge in [0.1, 0.15) is 17.0 Å². The Balaban J connectivity index is 2.00. The molecule has 0 radical (unpaired) electrons. The van der Waals surface area contributed by atoms with Crippen LogP contribution in [0.4, 0.5) is 0 Å². The molecule has 2 aromatic rings. The minimum Gasteiger partial charge on any atom is -0.495 e. The highest BCUT2D eigenvalue weighted by Crippen LogP contribution is 2.30. The SMILES string of the molecule is COc1ccc(C)cc1S(=O)(=O)N1CCc2ncncc2C1. The lowest BCUT2D eigenvalue weighted by atomic mass is 10.1. The number of nitrogens with zero attached hydrogens (tertiary/aromatic N) is 3. The third-order valence-electron chi connectivity index (χ3n) is 3.76.